The quantitative estimate of drug-likeness (QED) is 0.401. The van der Waals surface area contributed by atoms with Gasteiger partial charge < -0.3 is 9.64 Å². The summed E-state index contributed by atoms with van der Waals surface area (Å²) >= 11 is 0. The first-order valence-electron chi connectivity index (χ1n) is 11.9. The number of carbonyl (C=O) groups is 1. The van der Waals surface area contributed by atoms with Gasteiger partial charge in [-0.15, -0.1) is 0 Å². The van der Waals surface area contributed by atoms with E-state index in [-0.39, 0.29) is 10.8 Å². The molecule has 0 aliphatic carbocycles. The van der Waals surface area contributed by atoms with E-state index in [1.807, 2.05) is 24.3 Å². The summed E-state index contributed by atoms with van der Waals surface area (Å²) in [6.45, 7) is 3.51. The zero-order chi connectivity index (χ0) is 25.8. The lowest BCUT2D eigenvalue weighted by Crippen LogP contribution is -2.48. The summed E-state index contributed by atoms with van der Waals surface area (Å²) in [5.41, 5.74) is 2.26. The number of piperazine rings is 1. The Bertz CT molecular complexity index is 1520. The van der Waals surface area contributed by atoms with E-state index in [1.165, 1.54) is 24.8 Å². The van der Waals surface area contributed by atoms with Gasteiger partial charge in [0, 0.05) is 62.8 Å². The standard InChI is InChI=1S/C27H27N5O4S/c1-36-24-18-22(30-37(34,35)25-6-2-4-21-5-3-11-29-26(21)25)7-8-23(24)27(33)32-16-14-31(15-17-32)19-20-9-12-28-13-10-20/h2-13,18,30H,14-17,19H2,1H3. The van der Waals surface area contributed by atoms with Crippen LogP contribution in [0.4, 0.5) is 5.69 Å². The van der Waals surface area contributed by atoms with Gasteiger partial charge in [0.15, 0.2) is 0 Å². The molecule has 1 fully saturated rings. The predicted octanol–water partition coefficient (Wildman–Crippen LogP) is 3.40. The van der Waals surface area contributed by atoms with Crippen molar-refractivity contribution in [1.82, 2.24) is 19.8 Å². The maximum Gasteiger partial charge on any atom is 0.264 e. The Labute approximate surface area is 215 Å². The molecule has 5 rings (SSSR count). The van der Waals surface area contributed by atoms with Crippen molar-refractivity contribution in [3.05, 3.63) is 90.4 Å². The van der Waals surface area contributed by atoms with Gasteiger partial charge in [0.25, 0.3) is 15.9 Å². The van der Waals surface area contributed by atoms with Crippen LogP contribution in [0.3, 0.4) is 0 Å². The smallest absolute Gasteiger partial charge is 0.264 e. The van der Waals surface area contributed by atoms with Crippen molar-refractivity contribution in [2.75, 3.05) is 38.0 Å². The number of benzene rings is 2. The first-order valence-corrected chi connectivity index (χ1v) is 13.4. The maximum atomic E-state index is 13.3. The second kappa shape index (κ2) is 10.5. The summed E-state index contributed by atoms with van der Waals surface area (Å²) in [7, 11) is -2.46. The molecule has 4 aromatic rings. The van der Waals surface area contributed by atoms with E-state index in [0.29, 0.717) is 35.6 Å². The fraction of sp³-hybridized carbons (Fsp3) is 0.222. The van der Waals surface area contributed by atoms with Crippen molar-refractivity contribution in [1.29, 1.82) is 0 Å². The lowest BCUT2D eigenvalue weighted by molar-refractivity contribution is 0.0625. The molecule has 0 unspecified atom stereocenters. The highest BCUT2D eigenvalue weighted by Gasteiger charge is 2.25. The molecular weight excluding hydrogens is 490 g/mol. The molecule has 1 amide bonds. The number of hydrogen-bond acceptors (Lipinski definition) is 7. The lowest BCUT2D eigenvalue weighted by atomic mass is 10.1. The SMILES string of the molecule is COc1cc(NS(=O)(=O)c2cccc3cccnc23)ccc1C(=O)N1CCN(Cc2ccncc2)CC1. The molecule has 1 N–H and O–H groups in total. The van der Waals surface area contributed by atoms with Crippen molar-refractivity contribution in [3.8, 4) is 5.75 Å². The van der Waals surface area contributed by atoms with Crippen LogP contribution >= 0.6 is 0 Å². The number of fused-ring (bicyclic) bond motifs is 1. The second-order valence-electron chi connectivity index (χ2n) is 8.78. The van der Waals surface area contributed by atoms with Crippen LogP contribution < -0.4 is 9.46 Å². The van der Waals surface area contributed by atoms with Gasteiger partial charge in [-0.05, 0) is 42.0 Å². The lowest BCUT2D eigenvalue weighted by Gasteiger charge is -2.35. The van der Waals surface area contributed by atoms with Gasteiger partial charge in [0.05, 0.1) is 23.9 Å². The van der Waals surface area contributed by atoms with Crippen LogP contribution in [0.5, 0.6) is 5.75 Å². The predicted molar refractivity (Wildman–Crippen MR) is 141 cm³/mol. The molecule has 0 saturated carbocycles. The molecule has 1 aliphatic heterocycles. The highest BCUT2D eigenvalue weighted by Crippen LogP contribution is 2.28. The van der Waals surface area contributed by atoms with Crippen LogP contribution in [0.15, 0.2) is 84.1 Å². The molecule has 1 saturated heterocycles. The molecule has 9 nitrogen and oxygen atoms in total. The fourth-order valence-electron chi connectivity index (χ4n) is 4.46. The number of hydrogen-bond donors (Lipinski definition) is 1. The molecule has 0 bridgehead atoms. The molecule has 0 radical (unpaired) electrons. The van der Waals surface area contributed by atoms with E-state index in [9.17, 15) is 13.2 Å². The molecule has 10 heteroatoms. The van der Waals surface area contributed by atoms with Gasteiger partial charge in [-0.2, -0.15) is 0 Å². The van der Waals surface area contributed by atoms with Gasteiger partial charge in [-0.25, -0.2) is 8.42 Å². The van der Waals surface area contributed by atoms with Crippen molar-refractivity contribution >= 4 is 32.5 Å². The van der Waals surface area contributed by atoms with Crippen molar-refractivity contribution < 1.29 is 17.9 Å². The van der Waals surface area contributed by atoms with Gasteiger partial charge in [-0.1, -0.05) is 18.2 Å². The number of aromatic nitrogens is 2. The number of nitrogens with one attached hydrogen (secondary N) is 1. The third-order valence-electron chi connectivity index (χ3n) is 6.38. The van der Waals surface area contributed by atoms with E-state index in [2.05, 4.69) is 19.6 Å². The Kier molecular flexibility index (Phi) is 7.02. The van der Waals surface area contributed by atoms with Gasteiger partial charge in [-0.3, -0.25) is 24.4 Å². The van der Waals surface area contributed by atoms with Crippen LogP contribution in [0.25, 0.3) is 10.9 Å². The molecule has 0 spiro atoms. The molecule has 1 aliphatic rings. The number of pyridine rings is 2. The average molecular weight is 518 g/mol. The Balaban J connectivity index is 1.29. The molecule has 0 atom stereocenters. The van der Waals surface area contributed by atoms with E-state index in [0.717, 1.165) is 25.0 Å². The number of methoxy groups -OCH3 is 1. The molecule has 2 aromatic heterocycles. The third-order valence-corrected chi connectivity index (χ3v) is 7.80. The number of rotatable bonds is 7. The van der Waals surface area contributed by atoms with Gasteiger partial charge in [0.2, 0.25) is 0 Å². The van der Waals surface area contributed by atoms with E-state index in [4.69, 9.17) is 4.74 Å². The fourth-order valence-corrected chi connectivity index (χ4v) is 5.69. The van der Waals surface area contributed by atoms with Crippen LogP contribution in [0, 0.1) is 0 Å². The highest BCUT2D eigenvalue weighted by atomic mass is 32.2. The first-order chi connectivity index (χ1) is 17.9. The van der Waals surface area contributed by atoms with E-state index in [1.54, 1.807) is 47.8 Å². The summed E-state index contributed by atoms with van der Waals surface area (Å²) in [4.78, 5) is 25.8. The Morgan fingerprint density at radius 3 is 2.49 bits per heavy atom. The topological polar surface area (TPSA) is 105 Å². The van der Waals surface area contributed by atoms with Crippen LogP contribution in [0.1, 0.15) is 15.9 Å². The molecule has 190 valence electrons. The van der Waals surface area contributed by atoms with Crippen LogP contribution in [-0.2, 0) is 16.6 Å². The largest absolute Gasteiger partial charge is 0.496 e. The van der Waals surface area contributed by atoms with Crippen LogP contribution in [0.2, 0.25) is 0 Å². The minimum absolute atomic E-state index is 0.0781. The van der Waals surface area contributed by atoms with Crippen molar-refractivity contribution in [2.45, 2.75) is 11.4 Å². The number of anilines is 1. The summed E-state index contributed by atoms with van der Waals surface area (Å²) in [5, 5.41) is 0.727. The molecule has 37 heavy (non-hydrogen) atoms. The minimum atomic E-state index is -3.92. The van der Waals surface area contributed by atoms with Gasteiger partial charge in [0.1, 0.15) is 10.6 Å². The van der Waals surface area contributed by atoms with E-state index >= 15 is 0 Å². The number of ether oxygens (including phenoxy) is 1. The van der Waals surface area contributed by atoms with Gasteiger partial charge >= 0.3 is 0 Å². The Morgan fingerprint density at radius 2 is 1.73 bits per heavy atom. The zero-order valence-electron chi connectivity index (χ0n) is 20.4. The molecule has 2 aromatic carbocycles. The molecular formula is C27H27N5O4S. The monoisotopic (exact) mass is 517 g/mol. The average Bonchev–Trinajstić information content (AvgIpc) is 2.93. The summed E-state index contributed by atoms with van der Waals surface area (Å²) in [5.74, 6) is 0.161. The summed E-state index contributed by atoms with van der Waals surface area (Å²) in [6.07, 6.45) is 5.12. The summed E-state index contributed by atoms with van der Waals surface area (Å²) in [6, 6.07) is 17.3. The Morgan fingerprint density at radius 1 is 0.973 bits per heavy atom. The molecule has 3 heterocycles. The van der Waals surface area contributed by atoms with Crippen molar-refractivity contribution in [3.63, 3.8) is 0 Å². The van der Waals surface area contributed by atoms with Crippen LogP contribution in [-0.4, -0.2) is 67.4 Å². The normalized spacial score (nSPS) is 14.5. The number of sulfonamides is 1. The number of amides is 1. The highest BCUT2D eigenvalue weighted by molar-refractivity contribution is 7.93. The maximum absolute atomic E-state index is 13.3. The van der Waals surface area contributed by atoms with Crippen molar-refractivity contribution in [2.24, 2.45) is 0 Å². The zero-order valence-corrected chi connectivity index (χ0v) is 21.2. The second-order valence-corrected chi connectivity index (χ2v) is 10.4. The number of para-hydroxylation sites is 1. The third kappa shape index (κ3) is 5.40. The Hall–Kier alpha value is -4.02. The number of carbonyl (C=O) groups excluding carboxylic acids is 1. The first kappa shape index (κ1) is 24.7. The minimum Gasteiger partial charge on any atom is -0.496 e. The number of nitrogens with zero attached hydrogens (tertiary/aromatic N) is 4. The van der Waals surface area contributed by atoms with E-state index < -0.39 is 10.0 Å². The summed E-state index contributed by atoms with van der Waals surface area (Å²) < 4.78 is 34.4.